The number of aromatic nitrogens is 2. The standard InChI is InChI=1S/C12H16N4O3/c17-9-3-8(4-9)14-11-13-5-7-1-2-16(12(18)19)6-10(7)15-11/h5,8-9,17H,1-4,6H2,(H,18,19)(H,13,14,15). The third-order valence-electron chi connectivity index (χ3n) is 3.66. The van der Waals surface area contributed by atoms with Crippen molar-refractivity contribution in [2.45, 2.75) is 38.0 Å². The number of nitrogens with zero attached hydrogens (tertiary/aromatic N) is 3. The van der Waals surface area contributed by atoms with Crippen LogP contribution >= 0.6 is 0 Å². The van der Waals surface area contributed by atoms with Crippen LogP contribution in [0.4, 0.5) is 10.7 Å². The van der Waals surface area contributed by atoms with Crippen LogP contribution in [-0.2, 0) is 13.0 Å². The fraction of sp³-hybridized carbons (Fsp3) is 0.583. The summed E-state index contributed by atoms with van der Waals surface area (Å²) in [4.78, 5) is 20.9. The summed E-state index contributed by atoms with van der Waals surface area (Å²) in [5, 5.41) is 21.4. The zero-order valence-corrected chi connectivity index (χ0v) is 10.4. The largest absolute Gasteiger partial charge is 0.465 e. The minimum Gasteiger partial charge on any atom is -0.465 e. The van der Waals surface area contributed by atoms with Crippen LogP contribution in [-0.4, -0.2) is 49.9 Å². The van der Waals surface area contributed by atoms with Gasteiger partial charge in [0.25, 0.3) is 0 Å². The van der Waals surface area contributed by atoms with E-state index in [1.165, 1.54) is 4.90 Å². The topological polar surface area (TPSA) is 98.6 Å². The van der Waals surface area contributed by atoms with Gasteiger partial charge in [-0.15, -0.1) is 0 Å². The predicted molar refractivity (Wildman–Crippen MR) is 66.8 cm³/mol. The van der Waals surface area contributed by atoms with E-state index in [-0.39, 0.29) is 12.1 Å². The van der Waals surface area contributed by atoms with Crippen molar-refractivity contribution in [2.24, 2.45) is 0 Å². The molecule has 3 N–H and O–H groups in total. The maximum Gasteiger partial charge on any atom is 0.407 e. The number of nitrogens with one attached hydrogen (secondary N) is 1. The predicted octanol–water partition coefficient (Wildman–Crippen LogP) is 0.448. The molecule has 1 saturated carbocycles. The lowest BCUT2D eigenvalue weighted by Gasteiger charge is -2.32. The molecule has 0 atom stereocenters. The van der Waals surface area contributed by atoms with Crippen molar-refractivity contribution in [1.29, 1.82) is 0 Å². The van der Waals surface area contributed by atoms with Crippen LogP contribution < -0.4 is 5.32 Å². The maximum absolute atomic E-state index is 11.0. The van der Waals surface area contributed by atoms with Crippen LogP contribution in [0, 0.1) is 0 Å². The Morgan fingerprint density at radius 3 is 2.95 bits per heavy atom. The first-order chi connectivity index (χ1) is 9.11. The highest BCUT2D eigenvalue weighted by molar-refractivity contribution is 5.65. The Morgan fingerprint density at radius 1 is 1.47 bits per heavy atom. The number of aliphatic hydroxyl groups excluding tert-OH is 1. The fourth-order valence-corrected chi connectivity index (χ4v) is 2.42. The third-order valence-corrected chi connectivity index (χ3v) is 3.66. The highest BCUT2D eigenvalue weighted by Crippen LogP contribution is 2.23. The second-order valence-electron chi connectivity index (χ2n) is 5.09. The van der Waals surface area contributed by atoms with Crippen molar-refractivity contribution in [3.63, 3.8) is 0 Å². The van der Waals surface area contributed by atoms with Crippen molar-refractivity contribution in [1.82, 2.24) is 14.9 Å². The molecule has 7 nitrogen and oxygen atoms in total. The lowest BCUT2D eigenvalue weighted by Crippen LogP contribution is -2.40. The molecular formula is C12H16N4O3. The molecule has 1 fully saturated rings. The summed E-state index contributed by atoms with van der Waals surface area (Å²) in [6, 6.07) is 0.215. The molecule has 0 radical (unpaired) electrons. The molecule has 2 heterocycles. The number of carboxylic acid groups (broad SMARTS) is 1. The minimum atomic E-state index is -0.916. The van der Waals surface area contributed by atoms with Crippen LogP contribution in [0.3, 0.4) is 0 Å². The first-order valence-corrected chi connectivity index (χ1v) is 6.39. The third kappa shape index (κ3) is 2.46. The van der Waals surface area contributed by atoms with E-state index in [0.717, 1.165) is 11.3 Å². The first kappa shape index (κ1) is 12.2. The zero-order chi connectivity index (χ0) is 13.4. The summed E-state index contributed by atoms with van der Waals surface area (Å²) < 4.78 is 0. The number of anilines is 1. The molecule has 1 aromatic heterocycles. The molecule has 1 amide bonds. The molecule has 3 rings (SSSR count). The summed E-state index contributed by atoms with van der Waals surface area (Å²) in [6.45, 7) is 0.808. The van der Waals surface area contributed by atoms with Gasteiger partial charge in [-0.1, -0.05) is 0 Å². The van der Waals surface area contributed by atoms with Gasteiger partial charge in [-0.05, 0) is 24.8 Å². The van der Waals surface area contributed by atoms with E-state index in [9.17, 15) is 9.90 Å². The monoisotopic (exact) mass is 264 g/mol. The molecule has 1 aromatic rings. The molecular weight excluding hydrogens is 248 g/mol. The normalized spacial score (nSPS) is 25.4. The van der Waals surface area contributed by atoms with Gasteiger partial charge < -0.3 is 20.4 Å². The van der Waals surface area contributed by atoms with Crippen molar-refractivity contribution in [3.8, 4) is 0 Å². The smallest absolute Gasteiger partial charge is 0.407 e. The van der Waals surface area contributed by atoms with Crippen LogP contribution in [0.5, 0.6) is 0 Å². The molecule has 2 aliphatic rings. The fourth-order valence-electron chi connectivity index (χ4n) is 2.42. The molecule has 0 aromatic carbocycles. The van der Waals surface area contributed by atoms with E-state index >= 15 is 0 Å². The quantitative estimate of drug-likeness (QED) is 0.717. The number of fused-ring (bicyclic) bond motifs is 1. The molecule has 7 heteroatoms. The highest BCUT2D eigenvalue weighted by Gasteiger charge is 2.28. The second-order valence-corrected chi connectivity index (χ2v) is 5.09. The second kappa shape index (κ2) is 4.65. The number of carbonyl (C=O) groups is 1. The molecule has 1 aliphatic carbocycles. The van der Waals surface area contributed by atoms with E-state index < -0.39 is 6.09 Å². The van der Waals surface area contributed by atoms with Crippen molar-refractivity contribution in [2.75, 3.05) is 11.9 Å². The molecule has 0 spiro atoms. The molecule has 102 valence electrons. The van der Waals surface area contributed by atoms with Crippen LogP contribution in [0.1, 0.15) is 24.1 Å². The summed E-state index contributed by atoms with van der Waals surface area (Å²) in [5.74, 6) is 0.517. The average molecular weight is 264 g/mol. The van der Waals surface area contributed by atoms with Gasteiger partial charge >= 0.3 is 6.09 Å². The Bertz CT molecular complexity index is 502. The van der Waals surface area contributed by atoms with E-state index in [0.29, 0.717) is 38.3 Å². The SMILES string of the molecule is O=C(O)N1CCc2cnc(NC3CC(O)C3)nc2C1. The van der Waals surface area contributed by atoms with Crippen LogP contribution in [0.15, 0.2) is 6.20 Å². The van der Waals surface area contributed by atoms with Crippen LogP contribution in [0.25, 0.3) is 0 Å². The van der Waals surface area contributed by atoms with Crippen molar-refractivity contribution in [3.05, 3.63) is 17.5 Å². The Morgan fingerprint density at radius 2 is 2.26 bits per heavy atom. The van der Waals surface area contributed by atoms with E-state index in [4.69, 9.17) is 5.11 Å². The Hall–Kier alpha value is -1.89. The average Bonchev–Trinajstić information content (AvgIpc) is 2.36. The summed E-state index contributed by atoms with van der Waals surface area (Å²) in [5.41, 5.74) is 1.78. The Kier molecular flexibility index (Phi) is 2.98. The summed E-state index contributed by atoms with van der Waals surface area (Å²) >= 11 is 0. The van der Waals surface area contributed by atoms with E-state index in [1.807, 2.05) is 0 Å². The summed E-state index contributed by atoms with van der Waals surface area (Å²) in [7, 11) is 0. The summed E-state index contributed by atoms with van der Waals surface area (Å²) in [6.07, 6.45) is 2.70. The van der Waals surface area contributed by atoms with Crippen molar-refractivity contribution < 1.29 is 15.0 Å². The lowest BCUT2D eigenvalue weighted by atomic mass is 9.90. The lowest BCUT2D eigenvalue weighted by molar-refractivity contribution is 0.0833. The molecule has 1 aliphatic heterocycles. The number of rotatable bonds is 2. The number of aliphatic hydroxyl groups is 1. The Balaban J connectivity index is 1.71. The zero-order valence-electron chi connectivity index (χ0n) is 10.4. The van der Waals surface area contributed by atoms with Crippen LogP contribution in [0.2, 0.25) is 0 Å². The van der Waals surface area contributed by atoms with Gasteiger partial charge in [0, 0.05) is 18.8 Å². The number of hydrogen-bond acceptors (Lipinski definition) is 5. The van der Waals surface area contributed by atoms with Gasteiger partial charge in [0.05, 0.1) is 18.3 Å². The maximum atomic E-state index is 11.0. The van der Waals surface area contributed by atoms with Gasteiger partial charge in [0.15, 0.2) is 0 Å². The van der Waals surface area contributed by atoms with Gasteiger partial charge in [0.1, 0.15) is 0 Å². The number of amides is 1. The first-order valence-electron chi connectivity index (χ1n) is 6.39. The van der Waals surface area contributed by atoms with Gasteiger partial charge in [-0.25, -0.2) is 14.8 Å². The van der Waals surface area contributed by atoms with Crippen molar-refractivity contribution >= 4 is 12.0 Å². The van der Waals surface area contributed by atoms with Gasteiger partial charge in [0.2, 0.25) is 5.95 Å². The molecule has 0 unspecified atom stereocenters. The van der Waals surface area contributed by atoms with Gasteiger partial charge in [-0.3, -0.25) is 0 Å². The molecule has 19 heavy (non-hydrogen) atoms. The highest BCUT2D eigenvalue weighted by atomic mass is 16.4. The molecule has 0 saturated heterocycles. The van der Waals surface area contributed by atoms with E-state index in [1.54, 1.807) is 6.20 Å². The van der Waals surface area contributed by atoms with E-state index in [2.05, 4.69) is 15.3 Å². The minimum absolute atomic E-state index is 0.215. The van der Waals surface area contributed by atoms with Gasteiger partial charge in [-0.2, -0.15) is 0 Å². The Labute approximate surface area is 110 Å². The molecule has 0 bridgehead atoms. The number of hydrogen-bond donors (Lipinski definition) is 3.